The van der Waals surface area contributed by atoms with Crippen molar-refractivity contribution in [2.24, 2.45) is 5.41 Å². The summed E-state index contributed by atoms with van der Waals surface area (Å²) in [6.45, 7) is 10.0. The van der Waals surface area contributed by atoms with Crippen LogP contribution in [-0.2, 0) is 23.8 Å². The van der Waals surface area contributed by atoms with E-state index in [0.29, 0.717) is 19.8 Å². The molecule has 1 atom stereocenters. The van der Waals surface area contributed by atoms with Gasteiger partial charge in [0.15, 0.2) is 0 Å². The Morgan fingerprint density at radius 2 is 2.04 bits per heavy atom. The van der Waals surface area contributed by atoms with E-state index in [4.69, 9.17) is 19.3 Å². The maximum atomic E-state index is 10.7. The fourth-order valence-corrected chi connectivity index (χ4v) is 2.28. The highest BCUT2D eigenvalue weighted by Crippen LogP contribution is 2.31. The molecule has 0 aliphatic carbocycles. The summed E-state index contributed by atoms with van der Waals surface area (Å²) in [6.07, 6.45) is 6.38. The van der Waals surface area contributed by atoms with Gasteiger partial charge in [-0.25, -0.2) is 9.59 Å². The van der Waals surface area contributed by atoms with Crippen LogP contribution in [0.1, 0.15) is 39.5 Å². The fraction of sp³-hybridized carbons (Fsp3) is 0.667. The summed E-state index contributed by atoms with van der Waals surface area (Å²) in [7, 11) is 0. The van der Waals surface area contributed by atoms with Gasteiger partial charge in [-0.2, -0.15) is 0 Å². The summed E-state index contributed by atoms with van der Waals surface area (Å²) in [5.41, 5.74) is 1.05. The van der Waals surface area contributed by atoms with Crippen molar-refractivity contribution in [2.45, 2.75) is 45.6 Å². The smallest absolute Gasteiger partial charge is 0.330 e. The molecule has 136 valence electrons. The number of carboxylic acids is 1. The first-order valence-electron chi connectivity index (χ1n) is 8.35. The highest BCUT2D eigenvalue weighted by atomic mass is 16.5. The fourth-order valence-electron chi connectivity index (χ4n) is 2.28. The molecule has 0 amide bonds. The van der Waals surface area contributed by atoms with Crippen LogP contribution in [0.25, 0.3) is 0 Å². The average Bonchev–Trinajstić information content (AvgIpc) is 2.49. The Morgan fingerprint density at radius 1 is 1.38 bits per heavy atom. The van der Waals surface area contributed by atoms with E-state index in [1.165, 1.54) is 12.2 Å². The SMILES string of the molecule is C=CC(=O)OCC1(CC)COC1.CCC(=CC(=O)O)CC1CCO1. The van der Waals surface area contributed by atoms with Crippen LogP contribution in [0.5, 0.6) is 0 Å². The lowest BCUT2D eigenvalue weighted by Crippen LogP contribution is -2.46. The van der Waals surface area contributed by atoms with Crippen molar-refractivity contribution in [2.75, 3.05) is 26.4 Å². The molecule has 0 bridgehead atoms. The minimum Gasteiger partial charge on any atom is -0.478 e. The lowest BCUT2D eigenvalue weighted by molar-refractivity contribution is -0.166. The zero-order valence-corrected chi connectivity index (χ0v) is 14.6. The molecule has 6 nitrogen and oxygen atoms in total. The second kappa shape index (κ2) is 10.3. The Labute approximate surface area is 143 Å². The third-order valence-corrected chi connectivity index (χ3v) is 4.32. The summed E-state index contributed by atoms with van der Waals surface area (Å²) in [6, 6.07) is 0. The molecule has 2 aliphatic rings. The minimum absolute atomic E-state index is 0.0820. The summed E-state index contributed by atoms with van der Waals surface area (Å²) in [5, 5.41) is 8.50. The van der Waals surface area contributed by atoms with Crippen molar-refractivity contribution in [3.63, 3.8) is 0 Å². The number of aliphatic carboxylic acids is 1. The summed E-state index contributed by atoms with van der Waals surface area (Å²) < 4.78 is 15.2. The van der Waals surface area contributed by atoms with Gasteiger partial charge in [0.25, 0.3) is 0 Å². The first-order valence-corrected chi connectivity index (χ1v) is 8.35. The molecule has 24 heavy (non-hydrogen) atoms. The van der Waals surface area contributed by atoms with Crippen LogP contribution >= 0.6 is 0 Å². The highest BCUT2D eigenvalue weighted by Gasteiger charge is 2.37. The highest BCUT2D eigenvalue weighted by molar-refractivity contribution is 5.81. The second-order valence-electron chi connectivity index (χ2n) is 6.14. The van der Waals surface area contributed by atoms with E-state index in [2.05, 4.69) is 13.5 Å². The molecule has 2 aliphatic heterocycles. The van der Waals surface area contributed by atoms with Gasteiger partial charge >= 0.3 is 11.9 Å². The maximum absolute atomic E-state index is 10.7. The number of esters is 1. The molecule has 0 aromatic rings. The number of carboxylic acid groups (broad SMARTS) is 1. The molecule has 2 heterocycles. The standard InChI is InChI=1S/2C9H14O3/c1-3-8(10)12-7-9(4-2)5-11-6-9;1-2-7(6-9(10)11)5-8-3-4-12-8/h3H,1,4-7H2,2H3;6,8H,2-5H2,1H3,(H,10,11). The third kappa shape index (κ3) is 6.84. The Hall–Kier alpha value is -1.66. The molecule has 0 spiro atoms. The largest absolute Gasteiger partial charge is 0.478 e. The van der Waals surface area contributed by atoms with E-state index in [0.717, 1.165) is 37.9 Å². The van der Waals surface area contributed by atoms with E-state index >= 15 is 0 Å². The molecule has 0 radical (unpaired) electrons. The molecular weight excluding hydrogens is 312 g/mol. The van der Waals surface area contributed by atoms with Crippen LogP contribution in [0.15, 0.2) is 24.3 Å². The Bertz CT molecular complexity index is 455. The lowest BCUT2D eigenvalue weighted by Gasteiger charge is -2.39. The van der Waals surface area contributed by atoms with Gasteiger partial charge in [0.2, 0.25) is 0 Å². The van der Waals surface area contributed by atoms with Crippen LogP contribution in [-0.4, -0.2) is 49.6 Å². The van der Waals surface area contributed by atoms with E-state index in [1.807, 2.05) is 6.92 Å². The first-order chi connectivity index (χ1) is 11.4. The number of ether oxygens (including phenoxy) is 3. The molecule has 6 heteroatoms. The molecule has 2 saturated heterocycles. The van der Waals surface area contributed by atoms with E-state index in [9.17, 15) is 9.59 Å². The molecule has 1 N–H and O–H groups in total. The predicted molar refractivity (Wildman–Crippen MR) is 89.7 cm³/mol. The van der Waals surface area contributed by atoms with Crippen LogP contribution in [0, 0.1) is 5.41 Å². The molecule has 2 rings (SSSR count). The van der Waals surface area contributed by atoms with Crippen LogP contribution < -0.4 is 0 Å². The van der Waals surface area contributed by atoms with Crippen LogP contribution in [0.4, 0.5) is 0 Å². The molecule has 0 saturated carbocycles. The number of rotatable bonds is 8. The Balaban J connectivity index is 0.000000240. The molecular formula is C18H28O6. The molecule has 0 aromatic heterocycles. The van der Waals surface area contributed by atoms with Gasteiger partial charge in [-0.3, -0.25) is 0 Å². The third-order valence-electron chi connectivity index (χ3n) is 4.32. The van der Waals surface area contributed by atoms with Gasteiger partial charge in [-0.05, 0) is 25.7 Å². The first kappa shape index (κ1) is 20.4. The van der Waals surface area contributed by atoms with Crippen LogP contribution in [0.2, 0.25) is 0 Å². The number of hydrogen-bond donors (Lipinski definition) is 1. The number of carbonyl (C=O) groups is 2. The lowest BCUT2D eigenvalue weighted by atomic mass is 9.84. The number of hydrogen-bond acceptors (Lipinski definition) is 5. The second-order valence-corrected chi connectivity index (χ2v) is 6.14. The quantitative estimate of drug-likeness (QED) is 0.540. The maximum Gasteiger partial charge on any atom is 0.330 e. The molecule has 2 fully saturated rings. The van der Waals surface area contributed by atoms with Gasteiger partial charge in [0, 0.05) is 18.8 Å². The van der Waals surface area contributed by atoms with Crippen molar-refractivity contribution in [1.82, 2.24) is 0 Å². The van der Waals surface area contributed by atoms with Gasteiger partial charge in [0.1, 0.15) is 6.61 Å². The van der Waals surface area contributed by atoms with Crippen molar-refractivity contribution in [3.8, 4) is 0 Å². The van der Waals surface area contributed by atoms with Gasteiger partial charge in [0.05, 0.1) is 24.7 Å². The van der Waals surface area contributed by atoms with Crippen molar-refractivity contribution in [3.05, 3.63) is 24.3 Å². The summed E-state index contributed by atoms with van der Waals surface area (Å²) >= 11 is 0. The van der Waals surface area contributed by atoms with Crippen molar-refractivity contribution in [1.29, 1.82) is 0 Å². The predicted octanol–water partition coefficient (Wildman–Crippen LogP) is 2.73. The van der Waals surface area contributed by atoms with E-state index in [1.54, 1.807) is 0 Å². The van der Waals surface area contributed by atoms with E-state index < -0.39 is 5.97 Å². The van der Waals surface area contributed by atoms with Gasteiger partial charge in [-0.1, -0.05) is 26.0 Å². The van der Waals surface area contributed by atoms with Crippen LogP contribution in [0.3, 0.4) is 0 Å². The zero-order chi connectivity index (χ0) is 18.0. The molecule has 0 aromatic carbocycles. The monoisotopic (exact) mass is 340 g/mol. The van der Waals surface area contributed by atoms with Crippen molar-refractivity contribution >= 4 is 11.9 Å². The topological polar surface area (TPSA) is 82.1 Å². The zero-order valence-electron chi connectivity index (χ0n) is 14.6. The summed E-state index contributed by atoms with van der Waals surface area (Å²) in [5.74, 6) is -1.21. The van der Waals surface area contributed by atoms with E-state index in [-0.39, 0.29) is 17.5 Å². The van der Waals surface area contributed by atoms with Gasteiger partial charge < -0.3 is 19.3 Å². The average molecular weight is 340 g/mol. The Kier molecular flexibility index (Phi) is 8.71. The minimum atomic E-state index is -0.855. The van der Waals surface area contributed by atoms with Gasteiger partial charge in [-0.15, -0.1) is 0 Å². The Morgan fingerprint density at radius 3 is 2.38 bits per heavy atom. The number of carbonyl (C=O) groups excluding carboxylic acids is 1. The van der Waals surface area contributed by atoms with Crippen molar-refractivity contribution < 1.29 is 28.9 Å². The summed E-state index contributed by atoms with van der Waals surface area (Å²) in [4.78, 5) is 21.1. The normalized spacial score (nSPS) is 21.4. The molecule has 1 unspecified atom stereocenters.